The maximum absolute atomic E-state index is 11.6. The number of rotatable bonds is 6. The van der Waals surface area contributed by atoms with E-state index in [0.29, 0.717) is 0 Å². The molecule has 170 valence electrons. The number of benzene rings is 2. The Morgan fingerprint density at radius 1 is 1.03 bits per heavy atom. The molecule has 3 N–H and O–H groups in total. The van der Waals surface area contributed by atoms with Gasteiger partial charge in [0.05, 0.1) is 31.8 Å². The molecule has 0 radical (unpaired) electrons. The fraction of sp³-hybridized carbons (Fsp3) is 0.308. The van der Waals surface area contributed by atoms with E-state index < -0.39 is 11.3 Å². The summed E-state index contributed by atoms with van der Waals surface area (Å²) in [6.45, 7) is 4.33. The van der Waals surface area contributed by atoms with Crippen LogP contribution in [0.5, 0.6) is 5.75 Å². The number of nitrogens with zero attached hydrogens (tertiary/aromatic N) is 2. The lowest BCUT2D eigenvalue weighted by Gasteiger charge is -2.26. The van der Waals surface area contributed by atoms with Crippen molar-refractivity contribution >= 4 is 0 Å². The van der Waals surface area contributed by atoms with Crippen molar-refractivity contribution in [2.75, 3.05) is 32.9 Å². The third-order valence-corrected chi connectivity index (χ3v) is 5.76. The third-order valence-electron chi connectivity index (χ3n) is 5.76. The zero-order valence-corrected chi connectivity index (χ0v) is 18.3. The fourth-order valence-electron chi connectivity index (χ4n) is 3.79. The van der Waals surface area contributed by atoms with E-state index in [-0.39, 0.29) is 24.6 Å². The third kappa shape index (κ3) is 6.08. The van der Waals surface area contributed by atoms with E-state index in [1.807, 2.05) is 36.4 Å². The van der Waals surface area contributed by atoms with Crippen LogP contribution in [0.4, 0.5) is 0 Å². The van der Waals surface area contributed by atoms with Gasteiger partial charge >= 0.3 is 0 Å². The number of morpholine rings is 1. The smallest absolute Gasteiger partial charge is 0.293 e. The van der Waals surface area contributed by atoms with Crippen molar-refractivity contribution in [2.45, 2.75) is 18.9 Å². The Morgan fingerprint density at radius 2 is 1.67 bits per heavy atom. The monoisotopic (exact) mass is 445 g/mol. The zero-order valence-electron chi connectivity index (χ0n) is 18.3. The van der Waals surface area contributed by atoms with E-state index in [9.17, 15) is 15.0 Å². The fourth-order valence-corrected chi connectivity index (χ4v) is 3.79. The Balaban J connectivity index is 1.39. The van der Waals surface area contributed by atoms with Crippen LogP contribution >= 0.6 is 0 Å². The standard InChI is InChI=1S/C26H27N3O4/c30-17-23(15-24-25(31)26(32)28-18-27-24)22-9-7-20(8-10-22)2-1-19-3-5-21(6-4-19)16-29-11-13-33-14-12-29/h3-10,18,23,30-31H,11-17H2,(H,27,28,32)/t23-/m1/s1. The maximum Gasteiger partial charge on any atom is 0.293 e. The predicted molar refractivity (Wildman–Crippen MR) is 125 cm³/mol. The van der Waals surface area contributed by atoms with Crippen molar-refractivity contribution in [2.24, 2.45) is 0 Å². The topological polar surface area (TPSA) is 98.7 Å². The Bertz CT molecular complexity index is 1170. The van der Waals surface area contributed by atoms with Crippen LogP contribution in [-0.2, 0) is 17.7 Å². The van der Waals surface area contributed by atoms with Gasteiger partial charge in [0, 0.05) is 43.1 Å². The van der Waals surface area contributed by atoms with Crippen molar-refractivity contribution in [3.8, 4) is 17.6 Å². The molecular weight excluding hydrogens is 418 g/mol. The van der Waals surface area contributed by atoms with Gasteiger partial charge in [-0.15, -0.1) is 0 Å². The minimum Gasteiger partial charge on any atom is -0.502 e. The van der Waals surface area contributed by atoms with Crippen molar-refractivity contribution in [1.82, 2.24) is 14.9 Å². The van der Waals surface area contributed by atoms with E-state index in [0.717, 1.165) is 49.5 Å². The Labute approximate surface area is 192 Å². The molecule has 3 aromatic rings. The van der Waals surface area contributed by atoms with E-state index >= 15 is 0 Å². The van der Waals surface area contributed by atoms with Crippen LogP contribution in [0.1, 0.15) is 33.9 Å². The summed E-state index contributed by atoms with van der Waals surface area (Å²) in [4.78, 5) is 20.3. The second-order valence-corrected chi connectivity index (χ2v) is 8.07. The van der Waals surface area contributed by atoms with E-state index in [1.54, 1.807) is 0 Å². The average Bonchev–Trinajstić information content (AvgIpc) is 2.86. The number of aromatic amines is 1. The summed E-state index contributed by atoms with van der Waals surface area (Å²) < 4.78 is 5.40. The summed E-state index contributed by atoms with van der Waals surface area (Å²) in [6, 6.07) is 15.9. The molecular formula is C26H27N3O4. The van der Waals surface area contributed by atoms with Crippen LogP contribution in [0.25, 0.3) is 0 Å². The molecule has 0 aliphatic carbocycles. The molecule has 0 unspecified atom stereocenters. The van der Waals surface area contributed by atoms with Gasteiger partial charge in [0.15, 0.2) is 0 Å². The van der Waals surface area contributed by atoms with Crippen molar-refractivity contribution < 1.29 is 14.9 Å². The van der Waals surface area contributed by atoms with Gasteiger partial charge in [-0.05, 0) is 35.4 Å². The molecule has 0 spiro atoms. The highest BCUT2D eigenvalue weighted by Gasteiger charge is 2.16. The van der Waals surface area contributed by atoms with Crippen molar-refractivity contribution in [3.63, 3.8) is 0 Å². The van der Waals surface area contributed by atoms with Gasteiger partial charge in [0.25, 0.3) is 5.56 Å². The van der Waals surface area contributed by atoms with E-state index in [1.165, 1.54) is 11.9 Å². The van der Waals surface area contributed by atoms with Gasteiger partial charge in [0.2, 0.25) is 5.75 Å². The number of H-pyrrole nitrogens is 1. The van der Waals surface area contributed by atoms with Crippen molar-refractivity contribution in [1.29, 1.82) is 0 Å². The second kappa shape index (κ2) is 10.9. The van der Waals surface area contributed by atoms with Gasteiger partial charge in [0.1, 0.15) is 0 Å². The number of aromatic nitrogens is 2. The maximum atomic E-state index is 11.6. The van der Waals surface area contributed by atoms with Crippen LogP contribution in [0.2, 0.25) is 0 Å². The highest BCUT2D eigenvalue weighted by molar-refractivity contribution is 5.44. The Hall–Kier alpha value is -3.44. The Kier molecular flexibility index (Phi) is 7.53. The van der Waals surface area contributed by atoms with Crippen molar-refractivity contribution in [3.05, 3.63) is 93.2 Å². The van der Waals surface area contributed by atoms with Gasteiger partial charge < -0.3 is 19.9 Å². The minimum absolute atomic E-state index is 0.129. The molecule has 4 rings (SSSR count). The van der Waals surface area contributed by atoms with Crippen LogP contribution in [0, 0.1) is 11.8 Å². The lowest BCUT2D eigenvalue weighted by Crippen LogP contribution is -2.35. The highest BCUT2D eigenvalue weighted by atomic mass is 16.5. The quantitative estimate of drug-likeness (QED) is 0.502. The number of ether oxygens (including phenoxy) is 1. The molecule has 2 aromatic carbocycles. The zero-order chi connectivity index (χ0) is 23.0. The number of aliphatic hydroxyl groups excluding tert-OH is 1. The summed E-state index contributed by atoms with van der Waals surface area (Å²) >= 11 is 0. The minimum atomic E-state index is -0.587. The number of hydrogen-bond donors (Lipinski definition) is 3. The average molecular weight is 446 g/mol. The molecule has 0 bridgehead atoms. The van der Waals surface area contributed by atoms with E-state index in [4.69, 9.17) is 4.74 Å². The lowest BCUT2D eigenvalue weighted by atomic mass is 9.94. The molecule has 1 saturated heterocycles. The number of aromatic hydroxyl groups is 1. The lowest BCUT2D eigenvalue weighted by molar-refractivity contribution is 0.0342. The largest absolute Gasteiger partial charge is 0.502 e. The number of aliphatic hydroxyl groups is 1. The molecule has 33 heavy (non-hydrogen) atoms. The number of nitrogens with one attached hydrogen (secondary N) is 1. The van der Waals surface area contributed by atoms with Gasteiger partial charge in [-0.1, -0.05) is 36.1 Å². The molecule has 0 amide bonds. The summed E-state index contributed by atoms with van der Waals surface area (Å²) in [5.74, 6) is 5.67. The highest BCUT2D eigenvalue weighted by Crippen LogP contribution is 2.22. The second-order valence-electron chi connectivity index (χ2n) is 8.07. The Morgan fingerprint density at radius 3 is 2.30 bits per heavy atom. The van der Waals surface area contributed by atoms with Gasteiger partial charge in [-0.2, -0.15) is 0 Å². The summed E-state index contributed by atoms with van der Waals surface area (Å²) in [5.41, 5.74) is 3.65. The van der Waals surface area contributed by atoms with Gasteiger partial charge in [-0.25, -0.2) is 4.98 Å². The van der Waals surface area contributed by atoms with Crippen LogP contribution in [0.3, 0.4) is 0 Å². The summed E-state index contributed by atoms with van der Waals surface area (Å²) in [6.07, 6.45) is 1.51. The first-order valence-electron chi connectivity index (χ1n) is 11.0. The molecule has 1 fully saturated rings. The molecule has 7 nitrogen and oxygen atoms in total. The molecule has 2 heterocycles. The summed E-state index contributed by atoms with van der Waals surface area (Å²) in [7, 11) is 0. The molecule has 1 aliphatic heterocycles. The first-order chi connectivity index (χ1) is 16.1. The van der Waals surface area contributed by atoms with E-state index in [2.05, 4.69) is 38.8 Å². The number of hydrogen-bond acceptors (Lipinski definition) is 6. The molecule has 1 aromatic heterocycles. The van der Waals surface area contributed by atoms with Crippen LogP contribution < -0.4 is 5.56 Å². The first kappa shape index (κ1) is 22.7. The first-order valence-corrected chi connectivity index (χ1v) is 11.0. The summed E-state index contributed by atoms with van der Waals surface area (Å²) in [5, 5.41) is 19.7. The van der Waals surface area contributed by atoms with Crippen LogP contribution in [0.15, 0.2) is 59.7 Å². The molecule has 1 aliphatic rings. The molecule has 1 atom stereocenters. The normalized spacial score (nSPS) is 14.9. The predicted octanol–water partition coefficient (Wildman–Crippen LogP) is 2.03. The SMILES string of the molecule is O=c1[nH]cnc(C[C@H](CO)c2ccc(C#Cc3ccc(CN4CCOCC4)cc3)cc2)c1O. The molecule has 7 heteroatoms. The van der Waals surface area contributed by atoms with Crippen LogP contribution in [-0.4, -0.2) is 58.0 Å². The molecule has 0 saturated carbocycles. The van der Waals surface area contributed by atoms with Gasteiger partial charge in [-0.3, -0.25) is 9.69 Å².